The number of guanidine groups is 1. The summed E-state index contributed by atoms with van der Waals surface area (Å²) in [4.78, 5) is 6.95. The fraction of sp³-hybridized carbons (Fsp3) is 0.588. The highest BCUT2D eigenvalue weighted by Gasteiger charge is 2.19. The van der Waals surface area contributed by atoms with Gasteiger partial charge in [0.1, 0.15) is 5.75 Å². The molecule has 136 valence electrons. The van der Waals surface area contributed by atoms with Gasteiger partial charge in [0.2, 0.25) is 0 Å². The number of nitrogens with zero attached hydrogens (tertiary/aromatic N) is 2. The van der Waals surface area contributed by atoms with Crippen molar-refractivity contribution in [3.05, 3.63) is 28.2 Å². The second-order valence-corrected chi connectivity index (χ2v) is 6.60. The van der Waals surface area contributed by atoms with E-state index in [1.807, 2.05) is 12.1 Å². The lowest BCUT2D eigenvalue weighted by Crippen LogP contribution is -2.41. The van der Waals surface area contributed by atoms with Gasteiger partial charge in [0.15, 0.2) is 5.96 Å². The van der Waals surface area contributed by atoms with Crippen LogP contribution < -0.4 is 10.1 Å². The van der Waals surface area contributed by atoms with Gasteiger partial charge in [-0.3, -0.25) is 0 Å². The Morgan fingerprint density at radius 2 is 2.29 bits per heavy atom. The first-order valence-electron chi connectivity index (χ1n) is 8.03. The van der Waals surface area contributed by atoms with Crippen LogP contribution in [0, 0.1) is 5.92 Å². The average molecular weight is 512 g/mol. The quantitative estimate of drug-likeness (QED) is 0.360. The lowest BCUT2D eigenvalue weighted by molar-refractivity contribution is 0.181. The summed E-state index contributed by atoms with van der Waals surface area (Å²) in [6, 6.07) is 6.06. The standard InChI is InChI=1S/C17H26BrN3O2.HI/c1-4-19-17(21(2)11-14-7-8-23-12-14)20-10-13-5-6-16(22-3)15(18)9-13;/h5-6,9,14H,4,7-8,10-12H2,1-3H3,(H,19,20);1H. The van der Waals surface area contributed by atoms with Gasteiger partial charge in [0.05, 0.1) is 24.7 Å². The van der Waals surface area contributed by atoms with Crippen LogP contribution in [0.1, 0.15) is 18.9 Å². The highest BCUT2D eigenvalue weighted by atomic mass is 127. The average Bonchev–Trinajstić information content (AvgIpc) is 3.04. The topological polar surface area (TPSA) is 46.1 Å². The molecular weight excluding hydrogens is 485 g/mol. The summed E-state index contributed by atoms with van der Waals surface area (Å²) in [5.41, 5.74) is 1.14. The molecular formula is C17H27BrIN3O2. The largest absolute Gasteiger partial charge is 0.496 e. The zero-order valence-corrected chi connectivity index (χ0v) is 18.5. The fourth-order valence-corrected chi connectivity index (χ4v) is 3.23. The molecule has 1 aliphatic heterocycles. The summed E-state index contributed by atoms with van der Waals surface area (Å²) in [6.07, 6.45) is 1.13. The van der Waals surface area contributed by atoms with Crippen LogP contribution in [-0.2, 0) is 11.3 Å². The number of nitrogens with one attached hydrogen (secondary N) is 1. The predicted octanol–water partition coefficient (Wildman–Crippen LogP) is 3.51. The van der Waals surface area contributed by atoms with Gasteiger partial charge < -0.3 is 19.7 Å². The Labute approximate surface area is 170 Å². The molecule has 5 nitrogen and oxygen atoms in total. The van der Waals surface area contributed by atoms with Crippen LogP contribution in [0.5, 0.6) is 5.75 Å². The summed E-state index contributed by atoms with van der Waals surface area (Å²) in [5, 5.41) is 3.36. The van der Waals surface area contributed by atoms with E-state index in [2.05, 4.69) is 46.2 Å². The van der Waals surface area contributed by atoms with Gasteiger partial charge in [-0.25, -0.2) is 4.99 Å². The van der Waals surface area contributed by atoms with Gasteiger partial charge in [-0.05, 0) is 47.0 Å². The fourth-order valence-electron chi connectivity index (χ4n) is 2.65. The first kappa shape index (κ1) is 21.5. The van der Waals surface area contributed by atoms with Crippen molar-refractivity contribution < 1.29 is 9.47 Å². The van der Waals surface area contributed by atoms with Crippen LogP contribution in [0.25, 0.3) is 0 Å². The van der Waals surface area contributed by atoms with Crippen molar-refractivity contribution in [1.82, 2.24) is 10.2 Å². The third-order valence-electron chi connectivity index (χ3n) is 3.88. The Hall–Kier alpha value is -0.540. The third kappa shape index (κ3) is 6.40. The van der Waals surface area contributed by atoms with E-state index in [0.29, 0.717) is 12.5 Å². The molecule has 0 aromatic heterocycles. The Morgan fingerprint density at radius 1 is 1.50 bits per heavy atom. The third-order valence-corrected chi connectivity index (χ3v) is 4.50. The molecule has 0 spiro atoms. The molecule has 1 N–H and O–H groups in total. The van der Waals surface area contributed by atoms with E-state index in [1.54, 1.807) is 7.11 Å². The number of halogens is 2. The Morgan fingerprint density at radius 3 is 2.88 bits per heavy atom. The summed E-state index contributed by atoms with van der Waals surface area (Å²) in [7, 11) is 3.76. The van der Waals surface area contributed by atoms with Gasteiger partial charge in [-0.2, -0.15) is 0 Å². The molecule has 0 saturated carbocycles. The van der Waals surface area contributed by atoms with E-state index in [4.69, 9.17) is 14.5 Å². The number of benzene rings is 1. The van der Waals surface area contributed by atoms with Crippen molar-refractivity contribution in [3.8, 4) is 5.75 Å². The van der Waals surface area contributed by atoms with E-state index < -0.39 is 0 Å². The van der Waals surface area contributed by atoms with Crippen molar-refractivity contribution in [3.63, 3.8) is 0 Å². The summed E-state index contributed by atoms with van der Waals surface area (Å²) in [6.45, 7) is 6.29. The second kappa shape index (κ2) is 11.1. The molecule has 0 aliphatic carbocycles. The molecule has 1 saturated heterocycles. The van der Waals surface area contributed by atoms with E-state index in [1.165, 1.54) is 0 Å². The second-order valence-electron chi connectivity index (χ2n) is 5.75. The smallest absolute Gasteiger partial charge is 0.193 e. The first-order valence-corrected chi connectivity index (χ1v) is 8.83. The van der Waals surface area contributed by atoms with Crippen LogP contribution in [0.15, 0.2) is 27.7 Å². The Balaban J connectivity index is 0.00000288. The van der Waals surface area contributed by atoms with Crippen molar-refractivity contribution in [2.24, 2.45) is 10.9 Å². The summed E-state index contributed by atoms with van der Waals surface area (Å²) < 4.78 is 11.7. The van der Waals surface area contributed by atoms with Crippen LogP contribution in [-0.4, -0.2) is 51.3 Å². The van der Waals surface area contributed by atoms with E-state index >= 15 is 0 Å². The molecule has 0 bridgehead atoms. The van der Waals surface area contributed by atoms with Gasteiger partial charge in [0.25, 0.3) is 0 Å². The maximum Gasteiger partial charge on any atom is 0.193 e. The molecule has 24 heavy (non-hydrogen) atoms. The van der Waals surface area contributed by atoms with Crippen LogP contribution >= 0.6 is 39.9 Å². The first-order chi connectivity index (χ1) is 11.1. The maximum absolute atomic E-state index is 5.46. The highest BCUT2D eigenvalue weighted by molar-refractivity contribution is 14.0. The lowest BCUT2D eigenvalue weighted by Gasteiger charge is -2.24. The molecule has 2 rings (SSSR count). The normalized spacial score (nSPS) is 17.3. The molecule has 7 heteroatoms. The molecule has 1 aliphatic rings. The van der Waals surface area contributed by atoms with Gasteiger partial charge >= 0.3 is 0 Å². The van der Waals surface area contributed by atoms with Crippen LogP contribution in [0.3, 0.4) is 0 Å². The number of hydrogen-bond acceptors (Lipinski definition) is 3. The van der Waals surface area contributed by atoms with E-state index in [-0.39, 0.29) is 24.0 Å². The van der Waals surface area contributed by atoms with Gasteiger partial charge in [-0.15, -0.1) is 24.0 Å². The molecule has 1 aromatic rings. The number of aliphatic imine (C=N–C) groups is 1. The number of methoxy groups -OCH3 is 1. The molecule has 1 heterocycles. The van der Waals surface area contributed by atoms with E-state index in [0.717, 1.165) is 54.5 Å². The van der Waals surface area contributed by atoms with Crippen LogP contribution in [0.2, 0.25) is 0 Å². The zero-order chi connectivity index (χ0) is 16.7. The van der Waals surface area contributed by atoms with E-state index in [9.17, 15) is 0 Å². The van der Waals surface area contributed by atoms with Crippen LogP contribution in [0.4, 0.5) is 0 Å². The Kier molecular flexibility index (Phi) is 9.99. The van der Waals surface area contributed by atoms with Gasteiger partial charge in [-0.1, -0.05) is 6.07 Å². The van der Waals surface area contributed by atoms with Gasteiger partial charge in [0, 0.05) is 32.7 Å². The zero-order valence-electron chi connectivity index (χ0n) is 14.5. The molecule has 0 amide bonds. The molecule has 0 radical (unpaired) electrons. The van der Waals surface area contributed by atoms with Crippen molar-refractivity contribution in [1.29, 1.82) is 0 Å². The summed E-state index contributed by atoms with van der Waals surface area (Å²) >= 11 is 3.52. The predicted molar refractivity (Wildman–Crippen MR) is 112 cm³/mol. The Bertz CT molecular complexity index is 537. The minimum absolute atomic E-state index is 0. The van der Waals surface area contributed by atoms with Crippen molar-refractivity contribution in [2.45, 2.75) is 19.9 Å². The summed E-state index contributed by atoms with van der Waals surface area (Å²) in [5.74, 6) is 2.37. The number of ether oxygens (including phenoxy) is 2. The minimum Gasteiger partial charge on any atom is -0.496 e. The number of rotatable bonds is 6. The SMILES string of the molecule is CCNC(=NCc1ccc(OC)c(Br)c1)N(C)CC1CCOC1.I. The van der Waals surface area contributed by atoms with Crippen molar-refractivity contribution >= 4 is 45.9 Å². The molecule has 1 unspecified atom stereocenters. The number of hydrogen-bond donors (Lipinski definition) is 1. The monoisotopic (exact) mass is 511 g/mol. The molecule has 1 fully saturated rings. The lowest BCUT2D eigenvalue weighted by atomic mass is 10.1. The highest BCUT2D eigenvalue weighted by Crippen LogP contribution is 2.25. The maximum atomic E-state index is 5.46. The van der Waals surface area contributed by atoms with Crippen molar-refractivity contribution in [2.75, 3.05) is 40.5 Å². The molecule has 1 atom stereocenters. The minimum atomic E-state index is 0. The molecule has 1 aromatic carbocycles.